The molecule has 0 radical (unpaired) electrons. The first-order chi connectivity index (χ1) is 14.2. The normalized spacial score (nSPS) is 15.7. The molecule has 0 aliphatic carbocycles. The van der Waals surface area contributed by atoms with Gasteiger partial charge in [0.25, 0.3) is 0 Å². The molecule has 152 valence electrons. The third kappa shape index (κ3) is 5.04. The summed E-state index contributed by atoms with van der Waals surface area (Å²) in [5.74, 6) is 0. The van der Waals surface area contributed by atoms with E-state index >= 15 is 0 Å². The van der Waals surface area contributed by atoms with E-state index < -0.39 is 0 Å². The molecule has 0 N–H and O–H groups in total. The van der Waals surface area contributed by atoms with Gasteiger partial charge in [-0.05, 0) is 36.6 Å². The number of hydrogen-bond acceptors (Lipinski definition) is 4. The van der Waals surface area contributed by atoms with E-state index in [1.807, 2.05) is 0 Å². The molecule has 29 heavy (non-hydrogen) atoms. The van der Waals surface area contributed by atoms with Gasteiger partial charge < -0.3 is 9.30 Å². The molecule has 0 unspecified atom stereocenters. The van der Waals surface area contributed by atoms with Crippen LogP contribution in [-0.4, -0.2) is 42.3 Å². The molecule has 1 fully saturated rings. The monoisotopic (exact) mass is 407 g/mol. The topological polar surface area (TPSA) is 29.8 Å². The summed E-state index contributed by atoms with van der Waals surface area (Å²) in [6, 6.07) is 17.4. The number of aryl methyl sites for hydroxylation is 2. The number of thiazole rings is 1. The molecule has 0 spiro atoms. The van der Waals surface area contributed by atoms with Gasteiger partial charge in [-0.3, -0.25) is 4.90 Å². The van der Waals surface area contributed by atoms with Gasteiger partial charge in [-0.2, -0.15) is 0 Å². The minimum atomic E-state index is 0.834. The SMILES string of the molecule is CCc1ccc(-c2csc(=Nc3ccc(C)cc3)n2CCN2CCOCC2)cc1. The Bertz CT molecular complexity index is 980. The van der Waals surface area contributed by atoms with Crippen molar-refractivity contribution in [2.45, 2.75) is 26.8 Å². The highest BCUT2D eigenvalue weighted by molar-refractivity contribution is 7.07. The smallest absolute Gasteiger partial charge is 0.190 e. The summed E-state index contributed by atoms with van der Waals surface area (Å²) in [5, 5.41) is 2.24. The quantitative estimate of drug-likeness (QED) is 0.595. The predicted molar refractivity (Wildman–Crippen MR) is 121 cm³/mol. The fourth-order valence-electron chi connectivity index (χ4n) is 3.57. The van der Waals surface area contributed by atoms with E-state index in [1.165, 1.54) is 22.4 Å². The van der Waals surface area contributed by atoms with E-state index in [1.54, 1.807) is 11.3 Å². The van der Waals surface area contributed by atoms with Crippen LogP contribution in [-0.2, 0) is 17.7 Å². The number of nitrogens with zero attached hydrogens (tertiary/aromatic N) is 3. The number of morpholine rings is 1. The van der Waals surface area contributed by atoms with Crippen molar-refractivity contribution in [3.8, 4) is 11.3 Å². The van der Waals surface area contributed by atoms with Gasteiger partial charge in [0, 0.05) is 31.6 Å². The second-order valence-electron chi connectivity index (χ2n) is 7.51. The Kier molecular flexibility index (Phi) is 6.60. The molecular formula is C24H29N3OS. The van der Waals surface area contributed by atoms with Gasteiger partial charge in [0.1, 0.15) is 0 Å². The lowest BCUT2D eigenvalue weighted by atomic mass is 10.1. The van der Waals surface area contributed by atoms with Gasteiger partial charge in [0.05, 0.1) is 24.6 Å². The molecule has 1 aromatic heterocycles. The van der Waals surface area contributed by atoms with Crippen molar-refractivity contribution in [3.05, 3.63) is 69.8 Å². The molecule has 0 bridgehead atoms. The lowest BCUT2D eigenvalue weighted by molar-refractivity contribution is 0.0363. The molecule has 0 amide bonds. The minimum absolute atomic E-state index is 0.834. The van der Waals surface area contributed by atoms with Crippen LogP contribution in [0.15, 0.2) is 58.9 Å². The molecule has 2 heterocycles. The van der Waals surface area contributed by atoms with Crippen molar-refractivity contribution in [2.75, 3.05) is 32.8 Å². The fourth-order valence-corrected chi connectivity index (χ4v) is 4.53. The van der Waals surface area contributed by atoms with E-state index in [0.717, 1.165) is 56.3 Å². The van der Waals surface area contributed by atoms with Gasteiger partial charge in [-0.1, -0.05) is 48.9 Å². The number of ether oxygens (including phenoxy) is 1. The molecule has 0 saturated carbocycles. The predicted octanol–water partition coefficient (Wildman–Crippen LogP) is 4.65. The lowest BCUT2D eigenvalue weighted by Gasteiger charge is -2.26. The van der Waals surface area contributed by atoms with Gasteiger partial charge in [-0.25, -0.2) is 4.99 Å². The summed E-state index contributed by atoms with van der Waals surface area (Å²) in [4.78, 5) is 8.50. The molecule has 1 saturated heterocycles. The lowest BCUT2D eigenvalue weighted by Crippen LogP contribution is -2.39. The molecule has 2 aromatic carbocycles. The van der Waals surface area contributed by atoms with Crippen molar-refractivity contribution < 1.29 is 4.74 Å². The maximum absolute atomic E-state index is 5.50. The van der Waals surface area contributed by atoms with E-state index in [2.05, 4.69) is 77.2 Å². The van der Waals surface area contributed by atoms with Gasteiger partial charge in [0.15, 0.2) is 4.80 Å². The molecule has 1 aliphatic rings. The first-order valence-corrected chi connectivity index (χ1v) is 11.3. The van der Waals surface area contributed by atoms with Crippen LogP contribution in [0.1, 0.15) is 18.1 Å². The Labute approximate surface area is 177 Å². The number of rotatable bonds is 6. The molecule has 5 heteroatoms. The highest BCUT2D eigenvalue weighted by atomic mass is 32.1. The van der Waals surface area contributed by atoms with Gasteiger partial charge >= 0.3 is 0 Å². The molecule has 3 aromatic rings. The standard InChI is InChI=1S/C24H29N3OS/c1-3-20-6-8-21(9-7-20)23-18-29-24(25-22-10-4-19(2)5-11-22)27(23)13-12-26-14-16-28-17-15-26/h4-11,18H,3,12-17H2,1-2H3. The van der Waals surface area contributed by atoms with Crippen LogP contribution in [0, 0.1) is 6.92 Å². The highest BCUT2D eigenvalue weighted by Crippen LogP contribution is 2.22. The van der Waals surface area contributed by atoms with Crippen molar-refractivity contribution in [3.63, 3.8) is 0 Å². The van der Waals surface area contributed by atoms with E-state index in [-0.39, 0.29) is 0 Å². The van der Waals surface area contributed by atoms with Crippen LogP contribution in [0.2, 0.25) is 0 Å². The molecule has 4 nitrogen and oxygen atoms in total. The van der Waals surface area contributed by atoms with Gasteiger partial charge in [-0.15, -0.1) is 11.3 Å². The third-order valence-electron chi connectivity index (χ3n) is 5.46. The second-order valence-corrected chi connectivity index (χ2v) is 8.34. The highest BCUT2D eigenvalue weighted by Gasteiger charge is 2.13. The summed E-state index contributed by atoms with van der Waals surface area (Å²) in [6.45, 7) is 9.93. The van der Waals surface area contributed by atoms with Crippen molar-refractivity contribution in [1.82, 2.24) is 9.47 Å². The van der Waals surface area contributed by atoms with Crippen LogP contribution >= 0.6 is 11.3 Å². The van der Waals surface area contributed by atoms with E-state index in [9.17, 15) is 0 Å². The first kappa shape index (κ1) is 20.1. The van der Waals surface area contributed by atoms with Crippen LogP contribution in [0.3, 0.4) is 0 Å². The minimum Gasteiger partial charge on any atom is -0.379 e. The van der Waals surface area contributed by atoms with Crippen molar-refractivity contribution in [2.24, 2.45) is 4.99 Å². The first-order valence-electron chi connectivity index (χ1n) is 10.4. The second kappa shape index (κ2) is 9.53. The maximum Gasteiger partial charge on any atom is 0.190 e. The van der Waals surface area contributed by atoms with Crippen LogP contribution in [0.5, 0.6) is 0 Å². The third-order valence-corrected chi connectivity index (χ3v) is 6.32. The Balaban J connectivity index is 1.67. The van der Waals surface area contributed by atoms with E-state index in [4.69, 9.17) is 9.73 Å². The van der Waals surface area contributed by atoms with Crippen LogP contribution in [0.25, 0.3) is 11.3 Å². The van der Waals surface area contributed by atoms with E-state index in [0.29, 0.717) is 0 Å². The number of benzene rings is 2. The largest absolute Gasteiger partial charge is 0.379 e. The van der Waals surface area contributed by atoms with Crippen molar-refractivity contribution >= 4 is 17.0 Å². The maximum atomic E-state index is 5.50. The Hall–Kier alpha value is -2.21. The van der Waals surface area contributed by atoms with Crippen molar-refractivity contribution in [1.29, 1.82) is 0 Å². The summed E-state index contributed by atoms with van der Waals surface area (Å²) in [6.07, 6.45) is 1.06. The Morgan fingerprint density at radius 1 is 0.966 bits per heavy atom. The zero-order chi connectivity index (χ0) is 20.1. The zero-order valence-corrected chi connectivity index (χ0v) is 18.1. The average Bonchev–Trinajstić information content (AvgIpc) is 3.17. The Morgan fingerprint density at radius 2 is 1.69 bits per heavy atom. The summed E-state index contributed by atoms with van der Waals surface area (Å²) >= 11 is 1.72. The zero-order valence-electron chi connectivity index (χ0n) is 17.3. The van der Waals surface area contributed by atoms with Crippen LogP contribution in [0.4, 0.5) is 5.69 Å². The van der Waals surface area contributed by atoms with Gasteiger partial charge in [0.2, 0.25) is 0 Å². The molecule has 0 atom stereocenters. The summed E-state index contributed by atoms with van der Waals surface area (Å²) in [7, 11) is 0. The molecular weight excluding hydrogens is 378 g/mol. The van der Waals surface area contributed by atoms with Crippen LogP contribution < -0.4 is 4.80 Å². The average molecular weight is 408 g/mol. The molecule has 1 aliphatic heterocycles. The Morgan fingerprint density at radius 3 is 2.38 bits per heavy atom. The number of hydrogen-bond donors (Lipinski definition) is 0. The molecule has 4 rings (SSSR count). The number of aromatic nitrogens is 1. The summed E-state index contributed by atoms with van der Waals surface area (Å²) in [5.41, 5.74) is 6.13. The summed E-state index contributed by atoms with van der Waals surface area (Å²) < 4.78 is 7.87. The fraction of sp³-hybridized carbons (Fsp3) is 0.375.